The summed E-state index contributed by atoms with van der Waals surface area (Å²) in [7, 11) is 3.12. The molecule has 0 saturated heterocycles. The van der Waals surface area contributed by atoms with E-state index in [2.05, 4.69) is 4.98 Å². The highest BCUT2D eigenvalue weighted by atomic mass is 16.5. The maximum absolute atomic E-state index is 8.99. The summed E-state index contributed by atoms with van der Waals surface area (Å²) in [5.41, 5.74) is 0.414. The van der Waals surface area contributed by atoms with Gasteiger partial charge in [0.15, 0.2) is 5.75 Å². The molecule has 0 aliphatic rings. The van der Waals surface area contributed by atoms with Crippen molar-refractivity contribution >= 4 is 0 Å². The van der Waals surface area contributed by atoms with Gasteiger partial charge in [0, 0.05) is 24.4 Å². The van der Waals surface area contributed by atoms with Crippen molar-refractivity contribution < 1.29 is 14.2 Å². The molecule has 0 fully saturated rings. The third-order valence-electron chi connectivity index (χ3n) is 2.46. The van der Waals surface area contributed by atoms with Crippen LogP contribution in [0, 0.1) is 11.3 Å². The average Bonchev–Trinajstić information content (AvgIpc) is 2.47. The molecule has 1 aromatic heterocycles. The van der Waals surface area contributed by atoms with E-state index in [1.54, 1.807) is 38.5 Å². The first kappa shape index (κ1) is 12.7. The summed E-state index contributed by atoms with van der Waals surface area (Å²) in [6.07, 6.45) is 3.03. The number of nitrogens with zero attached hydrogens (tertiary/aromatic N) is 2. The first-order valence-corrected chi connectivity index (χ1v) is 5.52. The third kappa shape index (κ3) is 2.93. The smallest absolute Gasteiger partial charge is 0.163 e. The number of benzene rings is 1. The van der Waals surface area contributed by atoms with Crippen molar-refractivity contribution in [3.63, 3.8) is 0 Å². The molecule has 0 unspecified atom stereocenters. The predicted molar refractivity (Wildman–Crippen MR) is 68.6 cm³/mol. The predicted octanol–water partition coefficient (Wildman–Crippen LogP) is 2.76. The fourth-order valence-corrected chi connectivity index (χ4v) is 1.52. The van der Waals surface area contributed by atoms with Crippen molar-refractivity contribution in [2.24, 2.45) is 0 Å². The van der Waals surface area contributed by atoms with Gasteiger partial charge >= 0.3 is 0 Å². The van der Waals surface area contributed by atoms with Crippen molar-refractivity contribution in [3.8, 4) is 29.1 Å². The van der Waals surface area contributed by atoms with Gasteiger partial charge in [0.25, 0.3) is 0 Å². The van der Waals surface area contributed by atoms with Crippen molar-refractivity contribution in [1.82, 2.24) is 4.98 Å². The molecule has 0 N–H and O–H groups in total. The van der Waals surface area contributed by atoms with E-state index in [1.807, 2.05) is 6.07 Å². The summed E-state index contributed by atoms with van der Waals surface area (Å²) in [6.45, 7) is 0. The van der Waals surface area contributed by atoms with E-state index in [9.17, 15) is 0 Å². The normalized spacial score (nSPS) is 9.53. The van der Waals surface area contributed by atoms with Gasteiger partial charge < -0.3 is 14.2 Å². The Labute approximate surface area is 111 Å². The lowest BCUT2D eigenvalue weighted by molar-refractivity contribution is 0.386. The fraction of sp³-hybridized carbons (Fsp3) is 0.143. The van der Waals surface area contributed by atoms with Gasteiger partial charge in [-0.1, -0.05) is 0 Å². The van der Waals surface area contributed by atoms with Crippen LogP contribution in [0.5, 0.6) is 23.0 Å². The maximum Gasteiger partial charge on any atom is 0.163 e. The minimum Gasteiger partial charge on any atom is -0.496 e. The Balaban J connectivity index is 2.35. The molecule has 0 aliphatic carbocycles. The number of pyridine rings is 1. The molecule has 5 nitrogen and oxygen atoms in total. The molecule has 1 aromatic carbocycles. The minimum atomic E-state index is 0.389. The first-order chi connectivity index (χ1) is 9.26. The fourth-order valence-electron chi connectivity index (χ4n) is 1.52. The third-order valence-corrected chi connectivity index (χ3v) is 2.46. The number of rotatable bonds is 4. The Morgan fingerprint density at radius 2 is 1.68 bits per heavy atom. The minimum absolute atomic E-state index is 0.389. The molecule has 5 heteroatoms. The second-order valence-corrected chi connectivity index (χ2v) is 3.63. The summed E-state index contributed by atoms with van der Waals surface area (Å²) in [6, 6.07) is 8.78. The zero-order chi connectivity index (χ0) is 13.7. The maximum atomic E-state index is 8.99. The van der Waals surface area contributed by atoms with Crippen LogP contribution in [0.2, 0.25) is 0 Å². The lowest BCUT2D eigenvalue weighted by Gasteiger charge is -2.10. The molecule has 96 valence electrons. The van der Waals surface area contributed by atoms with Crippen molar-refractivity contribution in [2.45, 2.75) is 0 Å². The number of methoxy groups -OCH3 is 2. The molecule has 0 spiro atoms. The Bertz CT molecular complexity index is 598. The van der Waals surface area contributed by atoms with Gasteiger partial charge in [-0.15, -0.1) is 0 Å². The Morgan fingerprint density at radius 1 is 1.05 bits per heavy atom. The summed E-state index contributed by atoms with van der Waals surface area (Å²) >= 11 is 0. The van der Waals surface area contributed by atoms with Crippen LogP contribution in [0.1, 0.15) is 5.56 Å². The molecule has 2 rings (SSSR count). The van der Waals surface area contributed by atoms with Crippen LogP contribution in [-0.2, 0) is 0 Å². The van der Waals surface area contributed by atoms with Crippen LogP contribution in [0.3, 0.4) is 0 Å². The van der Waals surface area contributed by atoms with E-state index in [0.717, 1.165) is 0 Å². The highest BCUT2D eigenvalue weighted by molar-refractivity contribution is 5.47. The van der Waals surface area contributed by atoms with Gasteiger partial charge in [0.2, 0.25) is 0 Å². The Morgan fingerprint density at radius 3 is 2.26 bits per heavy atom. The largest absolute Gasteiger partial charge is 0.496 e. The number of aromatic nitrogens is 1. The summed E-state index contributed by atoms with van der Waals surface area (Å²) < 4.78 is 15.9. The van der Waals surface area contributed by atoms with Crippen LogP contribution in [0.4, 0.5) is 0 Å². The molecular formula is C14H12N2O3. The molecule has 0 radical (unpaired) electrons. The van der Waals surface area contributed by atoms with Crippen LogP contribution >= 0.6 is 0 Å². The summed E-state index contributed by atoms with van der Waals surface area (Å²) in [5, 5.41) is 8.99. The quantitative estimate of drug-likeness (QED) is 0.841. The highest BCUT2D eigenvalue weighted by Crippen LogP contribution is 2.31. The second-order valence-electron chi connectivity index (χ2n) is 3.63. The van der Waals surface area contributed by atoms with E-state index < -0.39 is 0 Å². The molecular weight excluding hydrogens is 244 g/mol. The Hall–Kier alpha value is -2.74. The van der Waals surface area contributed by atoms with E-state index in [-0.39, 0.29) is 0 Å². The molecule has 19 heavy (non-hydrogen) atoms. The molecule has 0 saturated carbocycles. The van der Waals surface area contributed by atoms with Crippen LogP contribution in [-0.4, -0.2) is 19.2 Å². The monoisotopic (exact) mass is 256 g/mol. The summed E-state index contributed by atoms with van der Waals surface area (Å²) in [5.74, 6) is 2.12. The molecule has 1 heterocycles. The van der Waals surface area contributed by atoms with Gasteiger partial charge in [0.05, 0.1) is 26.0 Å². The number of hydrogen-bond acceptors (Lipinski definition) is 5. The van der Waals surface area contributed by atoms with Gasteiger partial charge in [-0.2, -0.15) is 5.26 Å². The summed E-state index contributed by atoms with van der Waals surface area (Å²) in [4.78, 5) is 3.94. The van der Waals surface area contributed by atoms with Crippen LogP contribution in [0.25, 0.3) is 0 Å². The van der Waals surface area contributed by atoms with Gasteiger partial charge in [-0.05, 0) is 6.07 Å². The van der Waals surface area contributed by atoms with Crippen LogP contribution in [0.15, 0.2) is 36.7 Å². The van der Waals surface area contributed by atoms with E-state index in [4.69, 9.17) is 19.5 Å². The lowest BCUT2D eigenvalue weighted by Crippen LogP contribution is -1.92. The van der Waals surface area contributed by atoms with E-state index in [0.29, 0.717) is 28.6 Å². The number of hydrogen-bond donors (Lipinski definition) is 0. The topological polar surface area (TPSA) is 64.4 Å². The van der Waals surface area contributed by atoms with Crippen LogP contribution < -0.4 is 14.2 Å². The highest BCUT2D eigenvalue weighted by Gasteiger charge is 2.07. The zero-order valence-electron chi connectivity index (χ0n) is 10.6. The van der Waals surface area contributed by atoms with Gasteiger partial charge in [-0.3, -0.25) is 4.98 Å². The number of ether oxygens (including phenoxy) is 3. The van der Waals surface area contributed by atoms with Gasteiger partial charge in [0.1, 0.15) is 23.3 Å². The molecule has 0 aliphatic heterocycles. The lowest BCUT2D eigenvalue weighted by atomic mass is 10.2. The van der Waals surface area contributed by atoms with Crippen molar-refractivity contribution in [2.75, 3.05) is 14.2 Å². The van der Waals surface area contributed by atoms with E-state index >= 15 is 0 Å². The van der Waals surface area contributed by atoms with E-state index in [1.165, 1.54) is 12.4 Å². The molecule has 2 aromatic rings. The second kappa shape index (κ2) is 5.74. The van der Waals surface area contributed by atoms with Crippen molar-refractivity contribution in [1.29, 1.82) is 5.26 Å². The standard InChI is InChI=1S/C14H12N2O3/c1-17-11-5-12(18-2)7-13(6-11)19-14-9-16-4-3-10(14)8-15/h3-7,9H,1-2H3. The molecule has 0 atom stereocenters. The zero-order valence-corrected chi connectivity index (χ0v) is 10.6. The number of nitriles is 1. The van der Waals surface area contributed by atoms with Crippen molar-refractivity contribution in [3.05, 3.63) is 42.2 Å². The average molecular weight is 256 g/mol. The Kier molecular flexibility index (Phi) is 3.84. The molecule has 0 bridgehead atoms. The first-order valence-electron chi connectivity index (χ1n) is 5.52. The SMILES string of the molecule is COc1cc(OC)cc(Oc2cnccc2C#N)c1. The van der Waals surface area contributed by atoms with Gasteiger partial charge in [-0.25, -0.2) is 0 Å². The molecule has 0 amide bonds.